The molecular formula is C40H31N4O4P. The molecule has 2 N–H and O–H groups in total. The quantitative estimate of drug-likeness (QED) is 0.105. The molecule has 1 atom stereocenters. The first-order valence-electron chi connectivity index (χ1n) is 15.6. The molecule has 0 aliphatic carbocycles. The van der Waals surface area contributed by atoms with Gasteiger partial charge in [0.25, 0.3) is 0 Å². The van der Waals surface area contributed by atoms with Crippen LogP contribution in [0.15, 0.2) is 180 Å². The summed E-state index contributed by atoms with van der Waals surface area (Å²) in [5.74, 6) is 0.171. The highest BCUT2D eigenvalue weighted by Crippen LogP contribution is 2.60. The van der Waals surface area contributed by atoms with Crippen LogP contribution in [0.3, 0.4) is 0 Å². The van der Waals surface area contributed by atoms with E-state index in [1.807, 2.05) is 115 Å². The van der Waals surface area contributed by atoms with Crippen molar-refractivity contribution in [1.29, 1.82) is 0 Å². The molecule has 0 fully saturated rings. The number of phenolic OH excluding ortho intramolecular Hbond substituents is 1. The molecule has 0 saturated heterocycles. The van der Waals surface area contributed by atoms with Crippen LogP contribution in [0.1, 0.15) is 11.3 Å². The fourth-order valence-electron chi connectivity index (χ4n) is 5.37. The van der Waals surface area contributed by atoms with Gasteiger partial charge in [0.1, 0.15) is 17.2 Å². The van der Waals surface area contributed by atoms with Gasteiger partial charge in [-0.15, -0.1) is 5.11 Å². The zero-order chi connectivity index (χ0) is 33.5. The molecule has 7 rings (SSSR count). The van der Waals surface area contributed by atoms with Crippen molar-refractivity contribution in [2.75, 3.05) is 5.32 Å². The highest BCUT2D eigenvalue weighted by Gasteiger charge is 2.41. The number of nitrogens with one attached hydrogen (secondary N) is 1. The topological polar surface area (TPSA) is 105 Å². The number of pyridine rings is 1. The van der Waals surface area contributed by atoms with Gasteiger partial charge in [-0.1, -0.05) is 91.0 Å². The molecule has 0 amide bonds. The van der Waals surface area contributed by atoms with Crippen LogP contribution < -0.4 is 14.4 Å². The number of para-hydroxylation sites is 2. The van der Waals surface area contributed by atoms with E-state index in [1.54, 1.807) is 54.9 Å². The Morgan fingerprint density at radius 2 is 1.20 bits per heavy atom. The Labute approximate surface area is 283 Å². The summed E-state index contributed by atoms with van der Waals surface area (Å²) in [4.78, 5) is 4.29. The average Bonchev–Trinajstić information content (AvgIpc) is 3.15. The first kappa shape index (κ1) is 31.4. The molecule has 240 valence electrons. The number of rotatable bonds is 11. The van der Waals surface area contributed by atoms with Gasteiger partial charge in [-0.05, 0) is 77.9 Å². The predicted molar refractivity (Wildman–Crippen MR) is 194 cm³/mol. The van der Waals surface area contributed by atoms with E-state index in [1.165, 1.54) is 0 Å². The Hall–Kier alpha value is -6.24. The molecule has 1 unspecified atom stereocenters. The van der Waals surface area contributed by atoms with Gasteiger partial charge in [-0.2, -0.15) is 5.11 Å². The van der Waals surface area contributed by atoms with Gasteiger partial charge in [0.2, 0.25) is 0 Å². The summed E-state index contributed by atoms with van der Waals surface area (Å²) in [7, 11) is -3.96. The number of aromatic hydroxyl groups is 1. The van der Waals surface area contributed by atoms with E-state index in [-0.39, 0.29) is 5.75 Å². The maximum atomic E-state index is 14.8. The summed E-state index contributed by atoms with van der Waals surface area (Å²) in [5.41, 5.74) is 4.73. The van der Waals surface area contributed by atoms with Crippen molar-refractivity contribution in [3.05, 3.63) is 176 Å². The Bertz CT molecular complexity index is 2190. The average molecular weight is 663 g/mol. The van der Waals surface area contributed by atoms with E-state index in [0.717, 1.165) is 27.6 Å². The first-order valence-corrected chi connectivity index (χ1v) is 17.2. The van der Waals surface area contributed by atoms with Gasteiger partial charge in [-0.3, -0.25) is 4.98 Å². The van der Waals surface area contributed by atoms with E-state index >= 15 is 0 Å². The molecule has 1 aromatic heterocycles. The summed E-state index contributed by atoms with van der Waals surface area (Å²) in [5, 5.41) is 24.0. The van der Waals surface area contributed by atoms with Crippen molar-refractivity contribution in [2.45, 2.75) is 5.78 Å². The van der Waals surface area contributed by atoms with Crippen molar-refractivity contribution < 1.29 is 18.7 Å². The van der Waals surface area contributed by atoms with Crippen molar-refractivity contribution >= 4 is 35.4 Å². The normalized spacial score (nSPS) is 12.1. The monoisotopic (exact) mass is 662 g/mol. The molecule has 49 heavy (non-hydrogen) atoms. The van der Waals surface area contributed by atoms with E-state index in [2.05, 4.69) is 20.5 Å². The second kappa shape index (κ2) is 14.3. The Balaban J connectivity index is 1.13. The number of azo groups is 1. The highest BCUT2D eigenvalue weighted by atomic mass is 31.2. The van der Waals surface area contributed by atoms with Gasteiger partial charge in [0.15, 0.2) is 5.78 Å². The second-order valence-corrected chi connectivity index (χ2v) is 13.1. The number of anilines is 1. The molecule has 1 heterocycles. The second-order valence-electron chi connectivity index (χ2n) is 11.2. The fraction of sp³-hybridized carbons (Fsp3) is 0.0250. The van der Waals surface area contributed by atoms with Crippen LogP contribution in [-0.2, 0) is 4.57 Å². The fourth-order valence-corrected chi connectivity index (χ4v) is 7.27. The number of nitrogens with zero attached hydrogens (tertiary/aromatic N) is 3. The van der Waals surface area contributed by atoms with Crippen LogP contribution in [0.4, 0.5) is 17.1 Å². The minimum Gasteiger partial charge on any atom is -0.507 e. The molecule has 0 spiro atoms. The summed E-state index contributed by atoms with van der Waals surface area (Å²) < 4.78 is 27.2. The van der Waals surface area contributed by atoms with Gasteiger partial charge in [0.05, 0.1) is 11.4 Å². The first-order chi connectivity index (χ1) is 24.0. The van der Waals surface area contributed by atoms with Gasteiger partial charge < -0.3 is 19.5 Å². The van der Waals surface area contributed by atoms with Crippen LogP contribution in [-0.4, -0.2) is 10.1 Å². The smallest absolute Gasteiger partial charge is 0.457 e. The predicted octanol–water partition coefficient (Wildman–Crippen LogP) is 11.5. The largest absolute Gasteiger partial charge is 0.507 e. The summed E-state index contributed by atoms with van der Waals surface area (Å²) in [6.45, 7) is 0. The Morgan fingerprint density at radius 3 is 1.82 bits per heavy atom. The Morgan fingerprint density at radius 1 is 0.612 bits per heavy atom. The number of hydrogen-bond acceptors (Lipinski definition) is 8. The summed E-state index contributed by atoms with van der Waals surface area (Å²) >= 11 is 0. The zero-order valence-corrected chi connectivity index (χ0v) is 27.1. The molecule has 0 aliphatic rings. The van der Waals surface area contributed by atoms with Crippen molar-refractivity contribution in [2.24, 2.45) is 10.2 Å². The molecule has 0 saturated carbocycles. The molecule has 9 heteroatoms. The van der Waals surface area contributed by atoms with Gasteiger partial charge >= 0.3 is 7.60 Å². The third kappa shape index (κ3) is 7.35. The molecule has 0 radical (unpaired) electrons. The number of fused-ring (bicyclic) bond motifs is 1. The minimum atomic E-state index is -3.96. The maximum absolute atomic E-state index is 14.8. The van der Waals surface area contributed by atoms with Crippen molar-refractivity contribution in [3.63, 3.8) is 0 Å². The highest BCUT2D eigenvalue weighted by molar-refractivity contribution is 7.55. The summed E-state index contributed by atoms with van der Waals surface area (Å²) in [6, 6.07) is 48.2. The lowest BCUT2D eigenvalue weighted by Gasteiger charge is -2.29. The minimum absolute atomic E-state index is 0.211. The molecule has 6 aromatic carbocycles. The third-order valence-electron chi connectivity index (χ3n) is 7.81. The molecule has 8 nitrogen and oxygen atoms in total. The van der Waals surface area contributed by atoms with E-state index in [9.17, 15) is 9.67 Å². The third-order valence-corrected chi connectivity index (χ3v) is 9.80. The van der Waals surface area contributed by atoms with E-state index in [0.29, 0.717) is 28.4 Å². The Kier molecular flexibility index (Phi) is 9.13. The number of benzene rings is 6. The standard InChI is InChI=1S/C40H31N4O4P/c45-39-26-25-38(36-15-7-8-16-37(36)39)44-43-33-23-19-30(20-24-33)29-17-21-32(22-18-29)42-40(31-10-9-27-41-28-31)49(46,47-34-11-3-1-4-12-34)48-35-13-5-2-6-14-35/h1-28,40,42,45H. The molecule has 7 aromatic rings. The lowest BCUT2D eigenvalue weighted by atomic mass is 10.1. The molecule has 0 bridgehead atoms. The van der Waals surface area contributed by atoms with Crippen molar-refractivity contribution in [1.82, 2.24) is 4.98 Å². The van der Waals surface area contributed by atoms with Gasteiger partial charge in [0, 0.05) is 34.4 Å². The maximum Gasteiger partial charge on any atom is 0.457 e. The lowest BCUT2D eigenvalue weighted by Crippen LogP contribution is -2.18. The van der Waals surface area contributed by atoms with E-state index < -0.39 is 13.4 Å². The SMILES string of the molecule is O=P(Oc1ccccc1)(Oc1ccccc1)C(Nc1ccc(-c2ccc(N=Nc3ccc(O)c4ccccc34)cc2)cc1)c1cccnc1. The zero-order valence-electron chi connectivity index (χ0n) is 26.2. The van der Waals surface area contributed by atoms with Crippen LogP contribution in [0.25, 0.3) is 21.9 Å². The van der Waals surface area contributed by atoms with E-state index in [4.69, 9.17) is 9.05 Å². The molecular weight excluding hydrogens is 631 g/mol. The van der Waals surface area contributed by atoms with Crippen LogP contribution in [0.2, 0.25) is 0 Å². The number of phenols is 1. The van der Waals surface area contributed by atoms with Crippen LogP contribution in [0, 0.1) is 0 Å². The van der Waals surface area contributed by atoms with Gasteiger partial charge in [-0.25, -0.2) is 4.57 Å². The lowest BCUT2D eigenvalue weighted by molar-refractivity contribution is 0.376. The molecule has 0 aliphatic heterocycles. The van der Waals surface area contributed by atoms with Crippen LogP contribution in [0.5, 0.6) is 17.2 Å². The number of hydrogen-bond donors (Lipinski definition) is 2. The summed E-state index contributed by atoms with van der Waals surface area (Å²) in [6.07, 6.45) is 3.32. The van der Waals surface area contributed by atoms with Crippen molar-refractivity contribution in [3.8, 4) is 28.4 Å². The number of aromatic nitrogens is 1. The van der Waals surface area contributed by atoms with Crippen LogP contribution >= 0.6 is 7.60 Å².